The van der Waals surface area contributed by atoms with Crippen molar-refractivity contribution in [3.63, 3.8) is 0 Å². The Hall–Kier alpha value is -2.44. The van der Waals surface area contributed by atoms with Gasteiger partial charge in [0.05, 0.1) is 5.02 Å². The zero-order chi connectivity index (χ0) is 16.5. The van der Waals surface area contributed by atoms with Gasteiger partial charge in [-0.25, -0.2) is 0 Å². The fraction of sp³-hybridized carbons (Fsp3) is 0.118. The summed E-state index contributed by atoms with van der Waals surface area (Å²) >= 11 is 7.55. The van der Waals surface area contributed by atoms with Crippen LogP contribution in [0, 0.1) is 6.92 Å². The third kappa shape index (κ3) is 2.86. The molecule has 0 unspecified atom stereocenters. The number of benzene rings is 2. The van der Waals surface area contributed by atoms with Crippen molar-refractivity contribution in [2.24, 2.45) is 0 Å². The van der Waals surface area contributed by atoms with Crippen molar-refractivity contribution < 1.29 is 4.74 Å². The lowest BCUT2D eigenvalue weighted by atomic mass is 10.1. The first kappa shape index (κ1) is 15.1. The standard InChI is InChI=1S/C17H13ClN4OS/c1-11-6-8-12(9-7-11)16-19-20-17-22(16)21-15(24-17)10-23-14-5-3-2-4-13(14)18/h2-9H,10H2,1H3. The molecule has 2 aromatic heterocycles. The van der Waals surface area contributed by atoms with E-state index >= 15 is 0 Å². The highest BCUT2D eigenvalue weighted by atomic mass is 35.5. The van der Waals surface area contributed by atoms with E-state index in [-0.39, 0.29) is 0 Å². The molecule has 0 fully saturated rings. The van der Waals surface area contributed by atoms with Gasteiger partial charge < -0.3 is 4.74 Å². The molecular weight excluding hydrogens is 344 g/mol. The summed E-state index contributed by atoms with van der Waals surface area (Å²) in [6, 6.07) is 15.5. The van der Waals surface area contributed by atoms with Gasteiger partial charge in [-0.2, -0.15) is 9.61 Å². The lowest BCUT2D eigenvalue weighted by Crippen LogP contribution is -1.97. The fourth-order valence-electron chi connectivity index (χ4n) is 2.30. The fourth-order valence-corrected chi connectivity index (χ4v) is 3.24. The number of aromatic nitrogens is 4. The molecule has 0 bridgehead atoms. The number of para-hydroxylation sites is 1. The van der Waals surface area contributed by atoms with Gasteiger partial charge in [0.25, 0.3) is 0 Å². The average Bonchev–Trinajstić information content (AvgIpc) is 3.15. The van der Waals surface area contributed by atoms with Crippen LogP contribution in [0.3, 0.4) is 0 Å². The van der Waals surface area contributed by atoms with Gasteiger partial charge in [-0.05, 0) is 19.1 Å². The van der Waals surface area contributed by atoms with Crippen molar-refractivity contribution in [1.82, 2.24) is 19.8 Å². The van der Waals surface area contributed by atoms with Gasteiger partial charge in [0.1, 0.15) is 12.4 Å². The number of hydrogen-bond donors (Lipinski definition) is 0. The molecule has 0 N–H and O–H groups in total. The van der Waals surface area contributed by atoms with Gasteiger partial charge in [0.2, 0.25) is 4.96 Å². The largest absolute Gasteiger partial charge is 0.485 e. The van der Waals surface area contributed by atoms with Crippen LogP contribution in [0.15, 0.2) is 48.5 Å². The van der Waals surface area contributed by atoms with Crippen molar-refractivity contribution in [3.8, 4) is 17.1 Å². The van der Waals surface area contributed by atoms with Crippen LogP contribution in [-0.2, 0) is 6.61 Å². The van der Waals surface area contributed by atoms with Gasteiger partial charge in [0.15, 0.2) is 10.8 Å². The summed E-state index contributed by atoms with van der Waals surface area (Å²) in [5.41, 5.74) is 2.18. The Balaban J connectivity index is 1.60. The van der Waals surface area contributed by atoms with Gasteiger partial charge in [-0.3, -0.25) is 0 Å². The van der Waals surface area contributed by atoms with Crippen molar-refractivity contribution >= 4 is 27.9 Å². The molecular formula is C17H13ClN4OS. The zero-order valence-electron chi connectivity index (χ0n) is 12.8. The molecule has 0 aliphatic carbocycles. The first-order valence-corrected chi connectivity index (χ1v) is 8.55. The molecule has 5 nitrogen and oxygen atoms in total. The third-order valence-electron chi connectivity index (χ3n) is 3.53. The normalized spacial score (nSPS) is 11.1. The molecule has 7 heteroatoms. The number of nitrogens with zero attached hydrogens (tertiary/aromatic N) is 4. The predicted molar refractivity (Wildman–Crippen MR) is 94.6 cm³/mol. The Labute approximate surface area is 147 Å². The van der Waals surface area contributed by atoms with Crippen molar-refractivity contribution in [2.75, 3.05) is 0 Å². The monoisotopic (exact) mass is 356 g/mol. The van der Waals surface area contributed by atoms with Crippen LogP contribution in [0.2, 0.25) is 5.02 Å². The topological polar surface area (TPSA) is 52.3 Å². The molecule has 0 aliphatic rings. The molecule has 2 heterocycles. The Bertz CT molecular complexity index is 993. The molecule has 0 atom stereocenters. The van der Waals surface area contributed by atoms with Crippen molar-refractivity contribution in [2.45, 2.75) is 13.5 Å². The summed E-state index contributed by atoms with van der Waals surface area (Å²) in [4.78, 5) is 0.739. The Morgan fingerprint density at radius 3 is 2.67 bits per heavy atom. The van der Waals surface area contributed by atoms with Gasteiger partial charge in [0, 0.05) is 5.56 Å². The van der Waals surface area contributed by atoms with Crippen LogP contribution in [-0.4, -0.2) is 19.8 Å². The van der Waals surface area contributed by atoms with Crippen molar-refractivity contribution in [1.29, 1.82) is 0 Å². The van der Waals surface area contributed by atoms with Crippen LogP contribution in [0.4, 0.5) is 0 Å². The van der Waals surface area contributed by atoms with E-state index in [1.807, 2.05) is 42.5 Å². The number of rotatable bonds is 4. The minimum Gasteiger partial charge on any atom is -0.485 e. The van der Waals surface area contributed by atoms with E-state index in [9.17, 15) is 0 Å². The lowest BCUT2D eigenvalue weighted by Gasteiger charge is -2.04. The van der Waals surface area contributed by atoms with Crippen LogP contribution in [0.1, 0.15) is 10.6 Å². The SMILES string of the molecule is Cc1ccc(-c2nnc3sc(COc4ccccc4Cl)nn23)cc1. The smallest absolute Gasteiger partial charge is 0.235 e. The minimum atomic E-state index is 0.338. The molecule has 120 valence electrons. The highest BCUT2D eigenvalue weighted by Gasteiger charge is 2.14. The van der Waals surface area contributed by atoms with Crippen molar-refractivity contribution in [3.05, 3.63) is 64.1 Å². The summed E-state index contributed by atoms with van der Waals surface area (Å²) in [6.07, 6.45) is 0. The Kier molecular flexibility index (Phi) is 3.92. The maximum Gasteiger partial charge on any atom is 0.235 e. The quantitative estimate of drug-likeness (QED) is 0.544. The van der Waals surface area contributed by atoms with Crippen LogP contribution in [0.5, 0.6) is 5.75 Å². The second-order valence-electron chi connectivity index (χ2n) is 5.30. The summed E-state index contributed by atoms with van der Waals surface area (Å²) in [6.45, 7) is 2.39. The number of ether oxygens (including phenoxy) is 1. The average molecular weight is 357 g/mol. The van der Waals surface area contributed by atoms with Crippen LogP contribution < -0.4 is 4.74 Å². The number of fused-ring (bicyclic) bond motifs is 1. The highest BCUT2D eigenvalue weighted by Crippen LogP contribution is 2.26. The second kappa shape index (κ2) is 6.22. The summed E-state index contributed by atoms with van der Waals surface area (Å²) < 4.78 is 7.49. The van der Waals surface area contributed by atoms with E-state index in [0.717, 1.165) is 21.4 Å². The molecule has 0 radical (unpaired) electrons. The third-order valence-corrected chi connectivity index (χ3v) is 4.71. The van der Waals surface area contributed by atoms with E-state index in [0.29, 0.717) is 17.4 Å². The molecule has 0 saturated heterocycles. The number of hydrogen-bond acceptors (Lipinski definition) is 5. The highest BCUT2D eigenvalue weighted by molar-refractivity contribution is 7.16. The van der Waals surface area contributed by atoms with Crippen LogP contribution >= 0.6 is 22.9 Å². The molecule has 0 aliphatic heterocycles. The van der Waals surface area contributed by atoms with E-state index in [1.165, 1.54) is 16.9 Å². The molecule has 24 heavy (non-hydrogen) atoms. The molecule has 2 aromatic carbocycles. The second-order valence-corrected chi connectivity index (χ2v) is 6.75. The first-order chi connectivity index (χ1) is 11.7. The first-order valence-electron chi connectivity index (χ1n) is 7.36. The van der Waals surface area contributed by atoms with E-state index in [4.69, 9.17) is 16.3 Å². The zero-order valence-corrected chi connectivity index (χ0v) is 14.4. The molecule has 4 rings (SSSR count). The van der Waals surface area contributed by atoms with Gasteiger partial charge >= 0.3 is 0 Å². The van der Waals surface area contributed by atoms with Gasteiger partial charge in [-0.15, -0.1) is 10.2 Å². The maximum atomic E-state index is 6.10. The molecule has 0 spiro atoms. The van der Waals surface area contributed by atoms with E-state index in [1.54, 1.807) is 10.6 Å². The van der Waals surface area contributed by atoms with Crippen LogP contribution in [0.25, 0.3) is 16.3 Å². The Morgan fingerprint density at radius 2 is 1.88 bits per heavy atom. The molecule has 4 aromatic rings. The number of halogens is 1. The maximum absolute atomic E-state index is 6.10. The Morgan fingerprint density at radius 1 is 1.08 bits per heavy atom. The minimum absolute atomic E-state index is 0.338. The summed E-state index contributed by atoms with van der Waals surface area (Å²) in [5.74, 6) is 1.37. The summed E-state index contributed by atoms with van der Waals surface area (Å²) in [5, 5.41) is 14.4. The van der Waals surface area contributed by atoms with Gasteiger partial charge in [-0.1, -0.05) is 64.9 Å². The van der Waals surface area contributed by atoms with E-state index < -0.39 is 0 Å². The predicted octanol–water partition coefficient (Wildman–Crippen LogP) is 4.39. The lowest BCUT2D eigenvalue weighted by molar-refractivity contribution is 0.304. The molecule has 0 amide bonds. The summed E-state index contributed by atoms with van der Waals surface area (Å²) in [7, 11) is 0. The number of aryl methyl sites for hydroxylation is 1. The van der Waals surface area contributed by atoms with E-state index in [2.05, 4.69) is 22.2 Å². The molecule has 0 saturated carbocycles.